The summed E-state index contributed by atoms with van der Waals surface area (Å²) in [5.41, 5.74) is 0.685. The van der Waals surface area contributed by atoms with Crippen molar-refractivity contribution < 1.29 is 14.4 Å². The molecule has 1 fully saturated rings. The maximum Gasteiger partial charge on any atom is 0.287 e. The molecule has 7 heteroatoms. The average Bonchev–Trinajstić information content (AvgIpc) is 2.46. The van der Waals surface area contributed by atoms with Crippen LogP contribution in [0, 0.1) is 21.4 Å². The molecule has 2 rings (SSSR count). The molecule has 1 aromatic carbocycles. The Bertz CT molecular complexity index is 570. The molecule has 0 saturated carbocycles. The minimum Gasteiger partial charge on any atom is -0.382 e. The van der Waals surface area contributed by atoms with Gasteiger partial charge in [-0.05, 0) is 19.1 Å². The van der Waals surface area contributed by atoms with Gasteiger partial charge < -0.3 is 14.4 Å². The number of nitro benzene ring substituents is 1. The van der Waals surface area contributed by atoms with Crippen molar-refractivity contribution in [3.05, 3.63) is 33.9 Å². The van der Waals surface area contributed by atoms with Crippen LogP contribution in [0.1, 0.15) is 12.5 Å². The summed E-state index contributed by atoms with van der Waals surface area (Å²) in [7, 11) is 1.62. The molecular weight excluding hydrogens is 274 g/mol. The number of anilines is 1. The highest BCUT2D eigenvalue weighted by Crippen LogP contribution is 2.26. The van der Waals surface area contributed by atoms with Crippen LogP contribution in [0.15, 0.2) is 18.2 Å². The fourth-order valence-electron chi connectivity index (χ4n) is 2.50. The van der Waals surface area contributed by atoms with E-state index in [4.69, 9.17) is 14.7 Å². The van der Waals surface area contributed by atoms with Crippen LogP contribution in [0.5, 0.6) is 0 Å². The zero-order valence-electron chi connectivity index (χ0n) is 12.0. The monoisotopic (exact) mass is 291 g/mol. The number of nitrogens with zero attached hydrogens (tertiary/aromatic N) is 3. The molecule has 0 aliphatic carbocycles. The molecule has 112 valence electrons. The van der Waals surface area contributed by atoms with Crippen molar-refractivity contribution in [2.24, 2.45) is 0 Å². The minimum absolute atomic E-state index is 0.0274. The van der Waals surface area contributed by atoms with Crippen molar-refractivity contribution >= 4 is 11.4 Å². The number of methoxy groups -OCH3 is 1. The minimum atomic E-state index is -0.544. The smallest absolute Gasteiger partial charge is 0.287 e. The third-order valence-corrected chi connectivity index (χ3v) is 3.34. The van der Waals surface area contributed by atoms with Gasteiger partial charge in [0, 0.05) is 32.0 Å². The summed E-state index contributed by atoms with van der Waals surface area (Å²) in [5.74, 6) is 0. The summed E-state index contributed by atoms with van der Waals surface area (Å²) in [5, 5.41) is 19.9. The van der Waals surface area contributed by atoms with E-state index in [0.717, 1.165) is 5.69 Å². The van der Waals surface area contributed by atoms with E-state index >= 15 is 0 Å². The molecule has 1 heterocycles. The van der Waals surface area contributed by atoms with E-state index in [2.05, 4.69) is 4.90 Å². The fourth-order valence-corrected chi connectivity index (χ4v) is 2.50. The predicted octanol–water partition coefficient (Wildman–Crippen LogP) is 1.71. The largest absolute Gasteiger partial charge is 0.382 e. The molecule has 0 amide bonds. The van der Waals surface area contributed by atoms with Crippen LogP contribution in [0.4, 0.5) is 11.4 Å². The molecular formula is C14H17N3O4. The number of hydrogen-bond acceptors (Lipinski definition) is 6. The van der Waals surface area contributed by atoms with Crippen LogP contribution in [-0.4, -0.2) is 43.9 Å². The second-order valence-electron chi connectivity index (χ2n) is 5.00. The molecule has 0 radical (unpaired) electrons. The van der Waals surface area contributed by atoms with Gasteiger partial charge >= 0.3 is 0 Å². The lowest BCUT2D eigenvalue weighted by Gasteiger charge is -2.38. The van der Waals surface area contributed by atoms with Crippen LogP contribution in [0.2, 0.25) is 0 Å². The van der Waals surface area contributed by atoms with Crippen molar-refractivity contribution in [1.29, 1.82) is 5.26 Å². The molecule has 2 atom stereocenters. The van der Waals surface area contributed by atoms with Crippen LogP contribution in [0.3, 0.4) is 0 Å². The Balaban J connectivity index is 2.25. The van der Waals surface area contributed by atoms with Crippen molar-refractivity contribution in [1.82, 2.24) is 0 Å². The summed E-state index contributed by atoms with van der Waals surface area (Å²) in [6.07, 6.45) is -0.0286. The number of morpholine rings is 1. The van der Waals surface area contributed by atoms with E-state index in [1.54, 1.807) is 19.2 Å². The Morgan fingerprint density at radius 3 is 2.95 bits per heavy atom. The summed E-state index contributed by atoms with van der Waals surface area (Å²) in [6, 6.07) is 6.48. The van der Waals surface area contributed by atoms with Gasteiger partial charge in [-0.25, -0.2) is 0 Å². The molecule has 0 spiro atoms. The molecule has 2 unspecified atom stereocenters. The quantitative estimate of drug-likeness (QED) is 0.619. The van der Waals surface area contributed by atoms with Crippen LogP contribution in [-0.2, 0) is 9.47 Å². The maximum absolute atomic E-state index is 10.9. The average molecular weight is 291 g/mol. The van der Waals surface area contributed by atoms with Gasteiger partial charge in [0.1, 0.15) is 11.6 Å². The summed E-state index contributed by atoms with van der Waals surface area (Å²) < 4.78 is 10.9. The number of nitriles is 1. The van der Waals surface area contributed by atoms with Gasteiger partial charge in [-0.2, -0.15) is 5.26 Å². The molecule has 1 aromatic rings. The molecule has 1 aliphatic rings. The highest BCUT2D eigenvalue weighted by Gasteiger charge is 2.26. The second kappa shape index (κ2) is 6.52. The summed E-state index contributed by atoms with van der Waals surface area (Å²) in [4.78, 5) is 12.4. The molecule has 21 heavy (non-hydrogen) atoms. The molecule has 7 nitrogen and oxygen atoms in total. The van der Waals surface area contributed by atoms with E-state index in [1.165, 1.54) is 6.07 Å². The predicted molar refractivity (Wildman–Crippen MR) is 76.2 cm³/mol. The number of hydrogen-bond donors (Lipinski definition) is 0. The summed E-state index contributed by atoms with van der Waals surface area (Å²) in [6.45, 7) is 3.74. The standard InChI is InChI=1S/C14H17N3O4/c1-10-7-16(8-13(21-10)9-20-2)12-3-4-14(17(18)19)11(5-12)6-15/h3-5,10,13H,7-9H2,1-2H3. The summed E-state index contributed by atoms with van der Waals surface area (Å²) >= 11 is 0. The Labute approximate surface area is 122 Å². The molecule has 1 saturated heterocycles. The van der Waals surface area contributed by atoms with Crippen molar-refractivity contribution in [2.45, 2.75) is 19.1 Å². The lowest BCUT2D eigenvalue weighted by atomic mass is 10.1. The SMILES string of the molecule is COCC1CN(c2ccc([N+](=O)[O-])c(C#N)c2)CC(C)O1. The third kappa shape index (κ3) is 3.48. The van der Waals surface area contributed by atoms with Crippen LogP contribution in [0.25, 0.3) is 0 Å². The number of nitro groups is 1. The van der Waals surface area contributed by atoms with E-state index in [9.17, 15) is 10.1 Å². The zero-order valence-corrected chi connectivity index (χ0v) is 12.0. The lowest BCUT2D eigenvalue weighted by Crippen LogP contribution is -2.48. The van der Waals surface area contributed by atoms with E-state index in [-0.39, 0.29) is 23.5 Å². The number of ether oxygens (including phenoxy) is 2. The Morgan fingerprint density at radius 1 is 1.57 bits per heavy atom. The molecule has 0 aromatic heterocycles. The van der Waals surface area contributed by atoms with Gasteiger partial charge in [-0.3, -0.25) is 10.1 Å². The Morgan fingerprint density at radius 2 is 2.33 bits per heavy atom. The van der Waals surface area contributed by atoms with E-state index in [1.807, 2.05) is 13.0 Å². The van der Waals surface area contributed by atoms with Gasteiger partial charge in [0.05, 0.1) is 23.7 Å². The first kappa shape index (κ1) is 15.2. The zero-order chi connectivity index (χ0) is 15.4. The second-order valence-corrected chi connectivity index (χ2v) is 5.00. The van der Waals surface area contributed by atoms with E-state index in [0.29, 0.717) is 19.7 Å². The normalized spacial score (nSPS) is 21.9. The van der Waals surface area contributed by atoms with Gasteiger partial charge in [-0.1, -0.05) is 0 Å². The molecule has 0 bridgehead atoms. The van der Waals surface area contributed by atoms with Gasteiger partial charge in [0.25, 0.3) is 5.69 Å². The fraction of sp³-hybridized carbons (Fsp3) is 0.500. The topological polar surface area (TPSA) is 88.6 Å². The van der Waals surface area contributed by atoms with Gasteiger partial charge in [-0.15, -0.1) is 0 Å². The van der Waals surface area contributed by atoms with Crippen molar-refractivity contribution in [3.63, 3.8) is 0 Å². The van der Waals surface area contributed by atoms with Crippen molar-refractivity contribution in [2.75, 3.05) is 31.7 Å². The lowest BCUT2D eigenvalue weighted by molar-refractivity contribution is -0.385. The van der Waals surface area contributed by atoms with Gasteiger partial charge in [0.2, 0.25) is 0 Å². The highest BCUT2D eigenvalue weighted by atomic mass is 16.6. The first-order valence-electron chi connectivity index (χ1n) is 6.63. The first-order chi connectivity index (χ1) is 10.0. The highest BCUT2D eigenvalue weighted by molar-refractivity contribution is 5.60. The van der Waals surface area contributed by atoms with Gasteiger partial charge in [0.15, 0.2) is 0 Å². The van der Waals surface area contributed by atoms with E-state index < -0.39 is 4.92 Å². The Kier molecular flexibility index (Phi) is 4.73. The third-order valence-electron chi connectivity index (χ3n) is 3.34. The van der Waals surface area contributed by atoms with Crippen molar-refractivity contribution in [3.8, 4) is 6.07 Å². The molecule has 0 N–H and O–H groups in total. The van der Waals surface area contributed by atoms with Crippen LogP contribution < -0.4 is 4.90 Å². The maximum atomic E-state index is 10.9. The first-order valence-corrected chi connectivity index (χ1v) is 6.63. The number of benzene rings is 1. The Hall–Kier alpha value is -2.17. The molecule has 1 aliphatic heterocycles. The van der Waals surface area contributed by atoms with Crippen LogP contribution >= 0.6 is 0 Å². The number of rotatable bonds is 4.